The lowest BCUT2D eigenvalue weighted by molar-refractivity contribution is 0.0911. The van der Waals surface area contributed by atoms with E-state index in [1.807, 2.05) is 36.4 Å². The first-order valence-corrected chi connectivity index (χ1v) is 7.83. The maximum absolute atomic E-state index is 12.2. The first kappa shape index (κ1) is 14.9. The topological polar surface area (TPSA) is 51.5 Å². The molecule has 3 rings (SSSR count). The molecule has 1 aromatic carbocycles. The summed E-state index contributed by atoms with van der Waals surface area (Å²) in [7, 11) is 0. The van der Waals surface area contributed by atoms with Gasteiger partial charge in [0.1, 0.15) is 0 Å². The molecule has 1 aliphatic rings. The summed E-state index contributed by atoms with van der Waals surface area (Å²) < 4.78 is 10.9. The summed E-state index contributed by atoms with van der Waals surface area (Å²) in [5, 5.41) is 2.89. The Bertz CT molecular complexity index is 602. The maximum atomic E-state index is 12.2. The minimum Gasteiger partial charge on any atom is -0.459 e. The highest BCUT2D eigenvalue weighted by Gasteiger charge is 2.21. The van der Waals surface area contributed by atoms with Gasteiger partial charge in [0.15, 0.2) is 5.76 Å². The summed E-state index contributed by atoms with van der Waals surface area (Å²) in [6.07, 6.45) is 4.98. The fourth-order valence-electron chi connectivity index (χ4n) is 2.32. The molecular weight excluding hydrogens is 278 g/mol. The zero-order valence-electron chi connectivity index (χ0n) is 12.6. The highest BCUT2D eigenvalue weighted by atomic mass is 16.5. The molecule has 4 heteroatoms. The third-order valence-electron chi connectivity index (χ3n) is 3.76. The van der Waals surface area contributed by atoms with Crippen molar-refractivity contribution in [1.82, 2.24) is 5.32 Å². The Kier molecular flexibility index (Phi) is 4.91. The lowest BCUT2D eigenvalue weighted by Gasteiger charge is -2.06. The van der Waals surface area contributed by atoms with Crippen LogP contribution in [0.2, 0.25) is 0 Å². The highest BCUT2D eigenvalue weighted by Crippen LogP contribution is 2.28. The van der Waals surface area contributed by atoms with Crippen molar-refractivity contribution in [3.63, 3.8) is 0 Å². The van der Waals surface area contributed by atoms with Crippen LogP contribution in [-0.2, 0) is 4.74 Å². The molecule has 0 unspecified atom stereocenters. The summed E-state index contributed by atoms with van der Waals surface area (Å²) >= 11 is 0. The molecule has 116 valence electrons. The third-order valence-corrected chi connectivity index (χ3v) is 3.76. The molecule has 1 saturated carbocycles. The molecule has 2 aromatic rings. The molecule has 0 aliphatic heterocycles. The number of hydrogen-bond donors (Lipinski definition) is 1. The van der Waals surface area contributed by atoms with Crippen molar-refractivity contribution in [3.8, 4) is 11.1 Å². The summed E-state index contributed by atoms with van der Waals surface area (Å²) in [4.78, 5) is 12.2. The van der Waals surface area contributed by atoms with E-state index in [0.29, 0.717) is 18.9 Å². The van der Waals surface area contributed by atoms with E-state index in [1.165, 1.54) is 12.8 Å². The molecule has 0 bridgehead atoms. The Morgan fingerprint density at radius 1 is 1.23 bits per heavy atom. The van der Waals surface area contributed by atoms with Crippen molar-refractivity contribution < 1.29 is 13.9 Å². The van der Waals surface area contributed by atoms with Crippen LogP contribution in [0.5, 0.6) is 0 Å². The van der Waals surface area contributed by atoms with E-state index in [0.717, 1.165) is 30.1 Å². The average Bonchev–Trinajstić information content (AvgIpc) is 3.24. The lowest BCUT2D eigenvalue weighted by Crippen LogP contribution is -2.25. The van der Waals surface area contributed by atoms with E-state index in [9.17, 15) is 4.79 Å². The summed E-state index contributed by atoms with van der Waals surface area (Å²) in [6.45, 7) is 2.16. The molecule has 1 aromatic heterocycles. The quantitative estimate of drug-likeness (QED) is 0.759. The van der Waals surface area contributed by atoms with E-state index in [4.69, 9.17) is 9.15 Å². The minimum atomic E-state index is -0.175. The van der Waals surface area contributed by atoms with Crippen LogP contribution in [0.25, 0.3) is 11.1 Å². The second-order valence-corrected chi connectivity index (χ2v) is 5.66. The second kappa shape index (κ2) is 7.27. The van der Waals surface area contributed by atoms with Gasteiger partial charge in [-0.15, -0.1) is 0 Å². The van der Waals surface area contributed by atoms with Gasteiger partial charge < -0.3 is 14.5 Å². The Morgan fingerprint density at radius 3 is 2.82 bits per heavy atom. The van der Waals surface area contributed by atoms with Gasteiger partial charge in [-0.3, -0.25) is 4.79 Å². The molecule has 0 spiro atoms. The van der Waals surface area contributed by atoms with Gasteiger partial charge in [-0.2, -0.15) is 0 Å². The number of furan rings is 1. The molecular formula is C18H21NO3. The number of ether oxygens (including phenoxy) is 1. The van der Waals surface area contributed by atoms with Crippen LogP contribution in [0.1, 0.15) is 29.8 Å². The van der Waals surface area contributed by atoms with Crippen molar-refractivity contribution in [2.75, 3.05) is 19.8 Å². The summed E-state index contributed by atoms with van der Waals surface area (Å²) in [5.74, 6) is 0.974. The van der Waals surface area contributed by atoms with Crippen molar-refractivity contribution in [1.29, 1.82) is 0 Å². The molecule has 1 heterocycles. The van der Waals surface area contributed by atoms with Gasteiger partial charge in [-0.25, -0.2) is 0 Å². The van der Waals surface area contributed by atoms with Gasteiger partial charge in [0.05, 0.1) is 6.26 Å². The van der Waals surface area contributed by atoms with Gasteiger partial charge in [0.2, 0.25) is 0 Å². The molecule has 1 fully saturated rings. The van der Waals surface area contributed by atoms with Crippen LogP contribution in [0, 0.1) is 5.92 Å². The molecule has 0 radical (unpaired) electrons. The molecule has 1 aliphatic carbocycles. The number of hydrogen-bond acceptors (Lipinski definition) is 3. The van der Waals surface area contributed by atoms with E-state index < -0.39 is 0 Å². The first-order valence-electron chi connectivity index (χ1n) is 7.83. The largest absolute Gasteiger partial charge is 0.459 e. The van der Waals surface area contributed by atoms with Gasteiger partial charge >= 0.3 is 0 Å². The number of benzene rings is 1. The summed E-state index contributed by atoms with van der Waals surface area (Å²) in [6, 6.07) is 11.6. The van der Waals surface area contributed by atoms with E-state index in [-0.39, 0.29) is 5.91 Å². The van der Waals surface area contributed by atoms with Crippen LogP contribution < -0.4 is 5.32 Å². The van der Waals surface area contributed by atoms with E-state index in [1.54, 1.807) is 6.26 Å². The zero-order chi connectivity index (χ0) is 15.2. The van der Waals surface area contributed by atoms with Crippen LogP contribution in [-0.4, -0.2) is 25.7 Å². The predicted octanol–water partition coefficient (Wildman–Crippen LogP) is 3.49. The Morgan fingerprint density at radius 2 is 2.05 bits per heavy atom. The van der Waals surface area contributed by atoms with Crippen molar-refractivity contribution in [2.45, 2.75) is 19.3 Å². The molecule has 0 atom stereocenters. The minimum absolute atomic E-state index is 0.175. The fourth-order valence-corrected chi connectivity index (χ4v) is 2.32. The molecule has 4 nitrogen and oxygen atoms in total. The first-order chi connectivity index (χ1) is 10.8. The zero-order valence-corrected chi connectivity index (χ0v) is 12.6. The van der Waals surface area contributed by atoms with Crippen LogP contribution in [0.15, 0.2) is 47.1 Å². The molecule has 22 heavy (non-hydrogen) atoms. The van der Waals surface area contributed by atoms with Crippen molar-refractivity contribution in [2.24, 2.45) is 5.92 Å². The third kappa shape index (κ3) is 3.98. The predicted molar refractivity (Wildman–Crippen MR) is 84.6 cm³/mol. The molecule has 1 amide bonds. The van der Waals surface area contributed by atoms with Gasteiger partial charge in [0, 0.05) is 25.3 Å². The number of rotatable bonds is 8. The van der Waals surface area contributed by atoms with Crippen molar-refractivity contribution >= 4 is 5.91 Å². The van der Waals surface area contributed by atoms with Crippen LogP contribution in [0.4, 0.5) is 0 Å². The Balaban J connectivity index is 1.47. The van der Waals surface area contributed by atoms with Crippen LogP contribution in [0.3, 0.4) is 0 Å². The lowest BCUT2D eigenvalue weighted by atomic mass is 10.1. The normalized spacial score (nSPS) is 14.0. The van der Waals surface area contributed by atoms with Gasteiger partial charge in [0.25, 0.3) is 5.91 Å². The Hall–Kier alpha value is -2.07. The number of amides is 1. The summed E-state index contributed by atoms with van der Waals surface area (Å²) in [5.41, 5.74) is 1.80. The SMILES string of the molecule is O=C(NCCCOCC1CC1)c1occc1-c1ccccc1. The molecule has 0 saturated heterocycles. The van der Waals surface area contributed by atoms with Gasteiger partial charge in [-0.05, 0) is 36.8 Å². The smallest absolute Gasteiger partial charge is 0.287 e. The maximum Gasteiger partial charge on any atom is 0.287 e. The van der Waals surface area contributed by atoms with E-state index in [2.05, 4.69) is 5.32 Å². The van der Waals surface area contributed by atoms with Crippen molar-refractivity contribution in [3.05, 3.63) is 48.4 Å². The number of nitrogens with one attached hydrogen (secondary N) is 1. The number of carbonyl (C=O) groups excluding carboxylic acids is 1. The molecule has 1 N–H and O–H groups in total. The fraction of sp³-hybridized carbons (Fsp3) is 0.389. The van der Waals surface area contributed by atoms with Crippen LogP contribution >= 0.6 is 0 Å². The average molecular weight is 299 g/mol. The van der Waals surface area contributed by atoms with Gasteiger partial charge in [-0.1, -0.05) is 30.3 Å². The monoisotopic (exact) mass is 299 g/mol. The standard InChI is InChI=1S/C18H21NO3/c20-18(19-10-4-11-21-13-14-7-8-14)17-16(9-12-22-17)15-5-2-1-3-6-15/h1-3,5-6,9,12,14H,4,7-8,10-11,13H2,(H,19,20). The Labute approximate surface area is 130 Å². The van der Waals surface area contributed by atoms with E-state index >= 15 is 0 Å². The second-order valence-electron chi connectivity index (χ2n) is 5.66. The number of carbonyl (C=O) groups is 1. The highest BCUT2D eigenvalue weighted by molar-refractivity contribution is 5.98.